The predicted octanol–water partition coefficient (Wildman–Crippen LogP) is 16.0. The van der Waals surface area contributed by atoms with Gasteiger partial charge in [0.15, 0.2) is 11.7 Å². The van der Waals surface area contributed by atoms with Crippen LogP contribution in [0.2, 0.25) is 0 Å². The van der Waals surface area contributed by atoms with Gasteiger partial charge in [-0.15, -0.1) is 0 Å². The average molecular weight is 1120 g/mol. The maximum Gasteiger partial charge on any atom is 0.256 e. The Morgan fingerprint density at radius 3 is 1.44 bits per heavy atom. The van der Waals surface area contributed by atoms with Crippen molar-refractivity contribution in [2.24, 2.45) is 9.98 Å². The first-order valence-corrected chi connectivity index (χ1v) is 30.0. The zero-order valence-corrected chi connectivity index (χ0v) is 53.2. The SMILES string of the molecule is CN/C(=N\C(=N)c1ccc(C(C)(C)C)cc1)c1cccc2c3cccc(/C(=N/C(=N)c4ccc(C(C)(C)C)cc4)N(C)C)c3n(-c3cc4c5c(c3)N(c3ccc(C(C)(C)C)cc3)c3ccc(C(C)(C)C)cc3B5c3cc(C(C)(C)C)ccc3O4)c12. The lowest BCUT2D eigenvalue weighted by Crippen LogP contribution is -2.60. The molecule has 10 heteroatoms. The summed E-state index contributed by atoms with van der Waals surface area (Å²) in [5.74, 6) is 3.09. The monoisotopic (exact) mass is 1120 g/mol. The second kappa shape index (κ2) is 20.9. The fraction of sp³-hybridized carbons (Fsp3) is 0.307. The van der Waals surface area contributed by atoms with Gasteiger partial charge in [0, 0.05) is 77.3 Å². The van der Waals surface area contributed by atoms with Crippen LogP contribution >= 0.6 is 0 Å². The summed E-state index contributed by atoms with van der Waals surface area (Å²) < 4.78 is 9.79. The number of nitrogens with zero attached hydrogens (tertiary/aromatic N) is 5. The number of aromatic nitrogens is 1. The standard InChI is InChI=1S/C75H83BN8O/c1-71(2,3)47-29-25-45(26-30-47)67(77)80-69(79-16)56-23-19-21-54-55-22-20-24-57(70(82(17)18)81-68(78)46-27-31-48(32-28-46)72(4,5)6)66(55)84(65(54)56)53-43-61-64-63(44-53)85-62-40-36-51(75(13,14)15)42-59(62)76(64)58-41-50(74(10,11)12)35-39-60(58)83(61)52-37-33-49(34-38-52)73(7,8)9/h19-44,78H,1-18H3,(H2,77,79,80)/b78-68?,81-70-. The first-order chi connectivity index (χ1) is 39.9. The van der Waals surface area contributed by atoms with E-state index in [0.717, 1.165) is 89.2 Å². The van der Waals surface area contributed by atoms with Crippen LogP contribution < -0.4 is 31.3 Å². The molecule has 2 aliphatic heterocycles. The van der Waals surface area contributed by atoms with Crippen LogP contribution in [0.1, 0.15) is 154 Å². The number of benzene rings is 8. The van der Waals surface area contributed by atoms with E-state index in [1.807, 2.05) is 50.3 Å². The number of fused-ring (bicyclic) bond motifs is 7. The molecule has 0 saturated carbocycles. The summed E-state index contributed by atoms with van der Waals surface area (Å²) in [6.07, 6.45) is 0. The maximum absolute atomic E-state index is 9.62. The van der Waals surface area contributed by atoms with Crippen LogP contribution in [0.4, 0.5) is 17.1 Å². The van der Waals surface area contributed by atoms with Gasteiger partial charge in [-0.25, -0.2) is 9.98 Å². The highest BCUT2D eigenvalue weighted by Crippen LogP contribution is 2.46. The van der Waals surface area contributed by atoms with Gasteiger partial charge in [-0.05, 0) is 114 Å². The molecule has 0 atom stereocenters. The number of ether oxygens (including phenoxy) is 1. The van der Waals surface area contributed by atoms with Crippen molar-refractivity contribution in [3.05, 3.63) is 208 Å². The summed E-state index contributed by atoms with van der Waals surface area (Å²) in [6, 6.07) is 56.8. The van der Waals surface area contributed by atoms with Crippen LogP contribution in [0.5, 0.6) is 11.5 Å². The minimum Gasteiger partial charge on any atom is -0.458 e. The molecule has 2 aliphatic rings. The van der Waals surface area contributed by atoms with Crippen LogP contribution in [0.3, 0.4) is 0 Å². The quantitative estimate of drug-likeness (QED) is 0.0876. The van der Waals surface area contributed by atoms with Gasteiger partial charge in [-0.3, -0.25) is 10.8 Å². The fourth-order valence-corrected chi connectivity index (χ4v) is 12.2. The predicted molar refractivity (Wildman–Crippen MR) is 362 cm³/mol. The molecule has 9 nitrogen and oxygen atoms in total. The lowest BCUT2D eigenvalue weighted by Gasteiger charge is -2.41. The van der Waals surface area contributed by atoms with E-state index in [1.165, 1.54) is 33.3 Å². The first kappa shape index (κ1) is 58.3. The Morgan fingerprint density at radius 2 is 0.929 bits per heavy atom. The zero-order chi connectivity index (χ0) is 61.0. The second-order valence-electron chi connectivity index (χ2n) is 28.7. The number of hydrogen-bond acceptors (Lipinski definition) is 4. The summed E-state index contributed by atoms with van der Waals surface area (Å²) in [6.45, 7) is 33.6. The molecule has 3 heterocycles. The molecule has 0 radical (unpaired) electrons. The molecule has 1 aromatic heterocycles. The average Bonchev–Trinajstić information content (AvgIpc) is 1.74. The number of amidine groups is 4. The lowest BCUT2D eigenvalue weighted by molar-refractivity contribution is 0.486. The first-order valence-electron chi connectivity index (χ1n) is 30.0. The van der Waals surface area contributed by atoms with Crippen LogP contribution in [0, 0.1) is 10.8 Å². The number of rotatable bonds is 6. The third-order valence-corrected chi connectivity index (χ3v) is 17.2. The van der Waals surface area contributed by atoms with Crippen molar-refractivity contribution >= 4 is 85.3 Å². The van der Waals surface area contributed by atoms with Crippen LogP contribution in [0.15, 0.2) is 168 Å². The van der Waals surface area contributed by atoms with Crippen molar-refractivity contribution in [3.63, 3.8) is 0 Å². The summed E-state index contributed by atoms with van der Waals surface area (Å²) in [5, 5.41) is 24.6. The highest BCUT2D eigenvalue weighted by atomic mass is 16.5. The Labute approximate surface area is 505 Å². The maximum atomic E-state index is 9.62. The molecule has 3 N–H and O–H groups in total. The van der Waals surface area contributed by atoms with Gasteiger partial charge >= 0.3 is 0 Å². The largest absolute Gasteiger partial charge is 0.458 e. The Hall–Kier alpha value is -8.50. The third-order valence-electron chi connectivity index (χ3n) is 17.2. The Balaban J connectivity index is 1.24. The molecule has 0 amide bonds. The molecule has 0 spiro atoms. The Bertz CT molecular complexity index is 4200. The van der Waals surface area contributed by atoms with E-state index in [0.29, 0.717) is 11.7 Å². The van der Waals surface area contributed by atoms with Gasteiger partial charge in [0.05, 0.1) is 16.7 Å². The van der Waals surface area contributed by atoms with Gasteiger partial charge in [-0.2, -0.15) is 0 Å². The highest BCUT2D eigenvalue weighted by Gasteiger charge is 2.44. The number of hydrogen-bond donors (Lipinski definition) is 3. The van der Waals surface area contributed by atoms with Crippen molar-refractivity contribution in [1.29, 1.82) is 10.8 Å². The van der Waals surface area contributed by atoms with Crippen molar-refractivity contribution in [3.8, 4) is 17.2 Å². The summed E-state index contributed by atoms with van der Waals surface area (Å²) in [5.41, 5.74) is 18.3. The topological polar surface area (TPSA) is 105 Å². The van der Waals surface area contributed by atoms with Gasteiger partial charge in [-0.1, -0.05) is 213 Å². The highest BCUT2D eigenvalue weighted by molar-refractivity contribution is 6.99. The van der Waals surface area contributed by atoms with Crippen molar-refractivity contribution < 1.29 is 4.74 Å². The Kier molecular flexibility index (Phi) is 14.4. The van der Waals surface area contributed by atoms with Gasteiger partial charge < -0.3 is 24.4 Å². The molecule has 432 valence electrons. The van der Waals surface area contributed by atoms with E-state index in [2.05, 4.69) is 252 Å². The molecular formula is C75H83BN8O. The van der Waals surface area contributed by atoms with Gasteiger partial charge in [0.25, 0.3) is 6.71 Å². The molecule has 9 aromatic rings. The fourth-order valence-electron chi connectivity index (χ4n) is 12.2. The molecule has 0 saturated heterocycles. The molecule has 0 bridgehead atoms. The second-order valence-corrected chi connectivity index (χ2v) is 28.7. The third kappa shape index (κ3) is 10.7. The summed E-state index contributed by atoms with van der Waals surface area (Å²) >= 11 is 0. The number of aliphatic imine (C=N–C) groups is 2. The number of nitrogens with one attached hydrogen (secondary N) is 3. The smallest absolute Gasteiger partial charge is 0.256 e. The molecule has 0 aliphatic carbocycles. The Morgan fingerprint density at radius 1 is 0.471 bits per heavy atom. The summed E-state index contributed by atoms with van der Waals surface area (Å²) in [7, 11) is 5.89. The molecule has 8 aromatic carbocycles. The van der Waals surface area contributed by atoms with Gasteiger partial charge in [0.2, 0.25) is 0 Å². The molecular weight excluding hydrogens is 1040 g/mol. The normalized spacial score (nSPS) is 13.8. The lowest BCUT2D eigenvalue weighted by atomic mass is 9.33. The van der Waals surface area contributed by atoms with E-state index >= 15 is 0 Å². The van der Waals surface area contributed by atoms with Crippen LogP contribution in [-0.2, 0) is 27.1 Å². The molecule has 0 fully saturated rings. The van der Waals surface area contributed by atoms with Crippen molar-refractivity contribution in [2.75, 3.05) is 26.0 Å². The zero-order valence-electron chi connectivity index (χ0n) is 53.2. The minimum atomic E-state index is -0.153. The van der Waals surface area contributed by atoms with Crippen molar-refractivity contribution in [1.82, 2.24) is 14.8 Å². The number of anilines is 3. The molecule has 85 heavy (non-hydrogen) atoms. The van der Waals surface area contributed by atoms with Gasteiger partial charge in [0.1, 0.15) is 23.2 Å². The van der Waals surface area contributed by atoms with Crippen LogP contribution in [0.25, 0.3) is 27.5 Å². The molecule has 0 unspecified atom stereocenters. The van der Waals surface area contributed by atoms with E-state index in [9.17, 15) is 10.8 Å². The van der Waals surface area contributed by atoms with E-state index in [1.54, 1.807) is 0 Å². The molecule has 11 rings (SSSR count). The summed E-state index contributed by atoms with van der Waals surface area (Å²) in [4.78, 5) is 14.9. The van der Waals surface area contributed by atoms with Crippen LogP contribution in [-0.4, -0.2) is 60.7 Å². The number of para-hydroxylation sites is 2. The minimum absolute atomic E-state index is 0.0372. The van der Waals surface area contributed by atoms with E-state index in [4.69, 9.17) is 14.7 Å². The van der Waals surface area contributed by atoms with E-state index in [-0.39, 0.29) is 45.5 Å². The van der Waals surface area contributed by atoms with E-state index < -0.39 is 0 Å². The van der Waals surface area contributed by atoms with Crippen molar-refractivity contribution in [2.45, 2.75) is 131 Å².